The molecule has 0 atom stereocenters. The van der Waals surface area contributed by atoms with Crippen LogP contribution in [0.15, 0.2) is 140 Å². The Balaban J connectivity index is 1.04. The zero-order chi connectivity index (χ0) is 41.7. The minimum Gasteiger partial charge on any atom is -0.458 e. The third-order valence-electron chi connectivity index (χ3n) is 13.2. The van der Waals surface area contributed by atoms with E-state index < -0.39 is 0 Å². The highest BCUT2D eigenvalue weighted by molar-refractivity contribution is 7.02. The van der Waals surface area contributed by atoms with Gasteiger partial charge in [0.1, 0.15) is 57.5 Å². The SMILES string of the molecule is N#Cc1cc2c3c(c1)Oc1cc4c(cc1B3c1ccccc1O2)B1c2cc3c(cc2Oc2cc(C#N)cc(c21)O4)N(c1ccccc1)c1cc(C#N)cc2c1B3c1ccccc1O2. The number of benzene rings is 8. The first-order valence-corrected chi connectivity index (χ1v) is 20.6. The first-order valence-electron chi connectivity index (χ1n) is 20.6. The topological polar surface area (TPSA) is 121 Å². The van der Waals surface area contributed by atoms with Crippen molar-refractivity contribution in [2.45, 2.75) is 0 Å². The Morgan fingerprint density at radius 2 is 0.746 bits per heavy atom. The third kappa shape index (κ3) is 4.55. The molecular weight excluding hydrogens is 781 g/mol. The van der Waals surface area contributed by atoms with E-state index in [0.717, 1.165) is 77.7 Å². The predicted octanol–water partition coefficient (Wildman–Crippen LogP) is 5.16. The van der Waals surface area contributed by atoms with E-state index in [1.165, 1.54) is 0 Å². The maximum Gasteiger partial charge on any atom is 0.260 e. The molecule has 8 aromatic carbocycles. The summed E-state index contributed by atoms with van der Waals surface area (Å²) in [7, 11) is 0. The molecule has 0 bridgehead atoms. The molecule has 0 radical (unpaired) electrons. The third-order valence-corrected chi connectivity index (χ3v) is 13.2. The van der Waals surface area contributed by atoms with Gasteiger partial charge in [-0.3, -0.25) is 0 Å². The van der Waals surface area contributed by atoms with Crippen molar-refractivity contribution < 1.29 is 23.7 Å². The van der Waals surface area contributed by atoms with Gasteiger partial charge >= 0.3 is 0 Å². The highest BCUT2D eigenvalue weighted by Crippen LogP contribution is 2.45. The lowest BCUT2D eigenvalue weighted by molar-refractivity contribution is 0.451. The smallest absolute Gasteiger partial charge is 0.260 e. The maximum atomic E-state index is 10.3. The Morgan fingerprint density at radius 1 is 0.333 bits per heavy atom. The first-order chi connectivity index (χ1) is 31.0. The second-order valence-corrected chi connectivity index (χ2v) is 16.4. The van der Waals surface area contributed by atoms with Gasteiger partial charge in [0.25, 0.3) is 20.1 Å². The lowest BCUT2D eigenvalue weighted by atomic mass is 9.30. The van der Waals surface area contributed by atoms with Crippen LogP contribution in [0.5, 0.6) is 57.5 Å². The lowest BCUT2D eigenvalue weighted by Gasteiger charge is -2.41. The Morgan fingerprint density at radius 3 is 1.29 bits per heavy atom. The van der Waals surface area contributed by atoms with Crippen LogP contribution in [0.25, 0.3) is 0 Å². The molecule has 9 nitrogen and oxygen atoms in total. The predicted molar refractivity (Wildman–Crippen MR) is 242 cm³/mol. The molecule has 0 N–H and O–H groups in total. The summed E-state index contributed by atoms with van der Waals surface area (Å²) in [4.78, 5) is 2.19. The molecule has 286 valence electrons. The Kier molecular flexibility index (Phi) is 6.57. The number of rotatable bonds is 1. The number of hydrogen-bond acceptors (Lipinski definition) is 9. The van der Waals surface area contributed by atoms with Gasteiger partial charge in [-0.25, -0.2) is 0 Å². The van der Waals surface area contributed by atoms with Gasteiger partial charge in [0.05, 0.1) is 34.9 Å². The summed E-state index contributed by atoms with van der Waals surface area (Å²) in [6.45, 7) is -0.860. The molecule has 0 fully saturated rings. The van der Waals surface area contributed by atoms with Crippen molar-refractivity contribution in [3.63, 3.8) is 0 Å². The summed E-state index contributed by atoms with van der Waals surface area (Å²) in [5.41, 5.74) is 12.6. The van der Waals surface area contributed by atoms with E-state index in [4.69, 9.17) is 23.7 Å². The van der Waals surface area contributed by atoms with Gasteiger partial charge in [-0.05, 0) is 98.9 Å². The van der Waals surface area contributed by atoms with E-state index in [9.17, 15) is 15.8 Å². The number of para-hydroxylation sites is 3. The van der Waals surface area contributed by atoms with E-state index in [1.807, 2.05) is 72.8 Å². The Bertz CT molecular complexity index is 3600. The van der Waals surface area contributed by atoms with Crippen molar-refractivity contribution >= 4 is 86.4 Å². The highest BCUT2D eigenvalue weighted by atomic mass is 16.5. The molecule has 6 aliphatic heterocycles. The number of hydrogen-bond donors (Lipinski definition) is 0. The average molecular weight is 804 g/mol. The van der Waals surface area contributed by atoms with Crippen LogP contribution in [0.1, 0.15) is 16.7 Å². The maximum absolute atomic E-state index is 10.3. The molecule has 14 rings (SSSR count). The molecular formula is C51H23B3N4O5. The summed E-state index contributed by atoms with van der Waals surface area (Å²) in [5, 5.41) is 30.5. The van der Waals surface area contributed by atoms with Gasteiger partial charge in [0.15, 0.2) is 0 Å². The van der Waals surface area contributed by atoms with Crippen molar-refractivity contribution in [2.24, 2.45) is 0 Å². The molecule has 63 heavy (non-hydrogen) atoms. The van der Waals surface area contributed by atoms with Gasteiger partial charge in [0.2, 0.25) is 0 Å². The summed E-state index contributed by atoms with van der Waals surface area (Å²) in [6.07, 6.45) is 0. The molecule has 6 heterocycles. The van der Waals surface area contributed by atoms with Crippen LogP contribution >= 0.6 is 0 Å². The molecule has 0 spiro atoms. The van der Waals surface area contributed by atoms with Crippen molar-refractivity contribution in [1.29, 1.82) is 15.8 Å². The fraction of sp³-hybridized carbons (Fsp3) is 0. The zero-order valence-electron chi connectivity index (χ0n) is 32.8. The number of nitrogens with zero attached hydrogens (tertiary/aromatic N) is 4. The number of nitriles is 3. The van der Waals surface area contributed by atoms with Crippen LogP contribution in [0, 0.1) is 34.0 Å². The van der Waals surface area contributed by atoms with Gasteiger partial charge in [-0.15, -0.1) is 0 Å². The van der Waals surface area contributed by atoms with Crippen LogP contribution in [0.2, 0.25) is 0 Å². The zero-order valence-corrected chi connectivity index (χ0v) is 32.8. The van der Waals surface area contributed by atoms with Crippen LogP contribution in [-0.2, 0) is 0 Å². The summed E-state index contributed by atoms with van der Waals surface area (Å²) < 4.78 is 33.5. The van der Waals surface area contributed by atoms with Crippen LogP contribution in [-0.4, -0.2) is 20.1 Å². The minimum absolute atomic E-state index is 0.238. The van der Waals surface area contributed by atoms with Gasteiger partial charge in [-0.1, -0.05) is 66.7 Å². The molecule has 0 aromatic heterocycles. The minimum atomic E-state index is -0.371. The van der Waals surface area contributed by atoms with Gasteiger partial charge in [-0.2, -0.15) is 15.8 Å². The van der Waals surface area contributed by atoms with Crippen LogP contribution < -0.4 is 77.7 Å². The Hall–Kier alpha value is -8.78. The van der Waals surface area contributed by atoms with E-state index in [1.54, 1.807) is 24.3 Å². The molecule has 0 amide bonds. The quantitative estimate of drug-likeness (QED) is 0.207. The summed E-state index contributed by atoms with van der Waals surface area (Å²) >= 11 is 0. The molecule has 0 aliphatic carbocycles. The fourth-order valence-electron chi connectivity index (χ4n) is 10.7. The van der Waals surface area contributed by atoms with Crippen molar-refractivity contribution in [1.82, 2.24) is 0 Å². The molecule has 0 saturated heterocycles. The average Bonchev–Trinajstić information content (AvgIpc) is 3.32. The van der Waals surface area contributed by atoms with E-state index in [-0.39, 0.29) is 20.1 Å². The Labute approximate surface area is 361 Å². The number of fused-ring (bicyclic) bond motifs is 12. The fourth-order valence-corrected chi connectivity index (χ4v) is 10.7. The van der Waals surface area contributed by atoms with E-state index >= 15 is 0 Å². The second kappa shape index (κ2) is 12.2. The number of anilines is 3. The standard InChI is InChI=1S/C51H23B3N4O5/c55-24-27-14-38-49-44(15-27)59-39-12-6-4-10-31(39)52(49)33-20-34-41(22-37(33)58(38)30-8-2-1-3-9-30)61-47-18-29(26-57)19-48-51(47)54(34)36-21-35-42(23-43(36)63-48)62-46-17-28(25-56)16-45-50(46)53(35)32-11-5-7-13-40(32)60-45/h1-23H. The largest absolute Gasteiger partial charge is 0.458 e. The summed E-state index contributed by atoms with van der Waals surface area (Å²) in [5.74, 6) is 6.18. The van der Waals surface area contributed by atoms with Crippen molar-refractivity contribution in [3.05, 3.63) is 156 Å². The monoisotopic (exact) mass is 804 g/mol. The molecule has 8 aromatic rings. The first kappa shape index (κ1) is 34.0. The number of ether oxygens (including phenoxy) is 5. The van der Waals surface area contributed by atoms with Crippen molar-refractivity contribution in [2.75, 3.05) is 4.90 Å². The lowest BCUT2D eigenvalue weighted by Crippen LogP contribution is -2.64. The van der Waals surface area contributed by atoms with Crippen LogP contribution in [0.3, 0.4) is 0 Å². The van der Waals surface area contributed by atoms with E-state index in [0.29, 0.717) is 62.7 Å². The van der Waals surface area contributed by atoms with Crippen molar-refractivity contribution in [3.8, 4) is 75.7 Å². The molecule has 6 aliphatic rings. The molecule has 0 saturated carbocycles. The summed E-state index contributed by atoms with van der Waals surface area (Å²) in [6, 6.07) is 52.6. The normalized spacial score (nSPS) is 13.9. The second-order valence-electron chi connectivity index (χ2n) is 16.4. The molecule has 12 heteroatoms. The van der Waals surface area contributed by atoms with Crippen LogP contribution in [0.4, 0.5) is 17.1 Å². The van der Waals surface area contributed by atoms with E-state index in [2.05, 4.69) is 65.6 Å². The highest BCUT2D eigenvalue weighted by Gasteiger charge is 2.48. The van der Waals surface area contributed by atoms with Gasteiger partial charge < -0.3 is 28.6 Å². The van der Waals surface area contributed by atoms with Gasteiger partial charge in [0, 0.05) is 40.1 Å². The molecule has 0 unspecified atom stereocenters.